The molecule has 0 atom stereocenters. The van der Waals surface area contributed by atoms with E-state index in [4.69, 9.17) is 0 Å². The van der Waals surface area contributed by atoms with Gasteiger partial charge in [-0.25, -0.2) is 8.82 Å². The minimum atomic E-state index is 1.00. The van der Waals surface area contributed by atoms with E-state index in [1.807, 2.05) is 41.2 Å². The summed E-state index contributed by atoms with van der Waals surface area (Å²) in [5.41, 5.74) is 2.10. The van der Waals surface area contributed by atoms with Gasteiger partial charge in [-0.3, -0.25) is 0 Å². The van der Waals surface area contributed by atoms with Crippen LogP contribution < -0.4 is 4.72 Å². The second-order valence-electron chi connectivity index (χ2n) is 3.24. The van der Waals surface area contributed by atoms with Crippen molar-refractivity contribution in [2.75, 3.05) is 18.8 Å². The number of halogens is 1. The van der Waals surface area contributed by atoms with Crippen molar-refractivity contribution in [2.45, 2.75) is 0 Å². The maximum absolute atomic E-state index is 4.19. The second kappa shape index (κ2) is 4.42. The van der Waals surface area contributed by atoms with Crippen molar-refractivity contribution in [1.29, 1.82) is 0 Å². The predicted octanol–water partition coefficient (Wildman–Crippen LogP) is 2.63. The molecule has 0 spiro atoms. The molecular weight excluding hydrogens is 276 g/mol. The molecule has 0 amide bonds. The van der Waals surface area contributed by atoms with Crippen molar-refractivity contribution in [3.8, 4) is 0 Å². The molecule has 2 aromatic rings. The molecule has 80 valence electrons. The van der Waals surface area contributed by atoms with Gasteiger partial charge in [-0.05, 0) is 42.2 Å². The highest BCUT2D eigenvalue weighted by molar-refractivity contribution is 9.10. The Morgan fingerprint density at radius 2 is 2.33 bits per heavy atom. The Bertz CT molecular complexity index is 468. The third-order valence-corrected chi connectivity index (χ3v) is 2.92. The van der Waals surface area contributed by atoms with Crippen molar-refractivity contribution in [3.63, 3.8) is 0 Å². The lowest BCUT2D eigenvalue weighted by molar-refractivity contribution is 0.706. The summed E-state index contributed by atoms with van der Waals surface area (Å²) in [6.45, 7) is 0. The van der Waals surface area contributed by atoms with Crippen molar-refractivity contribution >= 4 is 39.3 Å². The standard InChI is InChI=1S/C9H11BrN4S/c1-13(2)15-12-8-5-7(10)6-14-9(8)3-4-11-14/h3-6,12H,1-2H3. The predicted molar refractivity (Wildman–Crippen MR) is 67.8 cm³/mol. The Kier molecular flexibility index (Phi) is 3.18. The van der Waals surface area contributed by atoms with Gasteiger partial charge in [0.25, 0.3) is 0 Å². The highest BCUT2D eigenvalue weighted by Gasteiger charge is 2.04. The van der Waals surface area contributed by atoms with Crippen molar-refractivity contribution in [1.82, 2.24) is 13.9 Å². The molecule has 2 heterocycles. The number of hydrogen-bond acceptors (Lipinski definition) is 4. The number of fused-ring (bicyclic) bond motifs is 1. The number of hydrogen-bond donors (Lipinski definition) is 1. The Balaban J connectivity index is 2.35. The summed E-state index contributed by atoms with van der Waals surface area (Å²) in [4.78, 5) is 0. The zero-order valence-corrected chi connectivity index (χ0v) is 10.8. The van der Waals surface area contributed by atoms with Crippen LogP contribution in [-0.2, 0) is 0 Å². The molecule has 0 bridgehead atoms. The quantitative estimate of drug-likeness (QED) is 0.880. The van der Waals surface area contributed by atoms with Crippen molar-refractivity contribution < 1.29 is 0 Å². The number of pyridine rings is 1. The molecule has 1 N–H and O–H groups in total. The van der Waals surface area contributed by atoms with Gasteiger partial charge in [0.15, 0.2) is 0 Å². The third-order valence-electron chi connectivity index (χ3n) is 1.81. The van der Waals surface area contributed by atoms with Gasteiger partial charge in [-0.2, -0.15) is 5.10 Å². The molecule has 2 aromatic heterocycles. The van der Waals surface area contributed by atoms with E-state index in [1.54, 1.807) is 6.20 Å². The van der Waals surface area contributed by atoms with Gasteiger partial charge >= 0.3 is 0 Å². The molecule has 0 aliphatic carbocycles. The minimum absolute atomic E-state index is 1.00. The van der Waals surface area contributed by atoms with Crippen LogP contribution in [0, 0.1) is 0 Å². The maximum atomic E-state index is 4.19. The molecular formula is C9H11BrN4S. The SMILES string of the molecule is CN(C)SNc1cc(Br)cn2nccc12. The maximum Gasteiger partial charge on any atom is 0.0902 e. The van der Waals surface area contributed by atoms with Gasteiger partial charge in [0.1, 0.15) is 0 Å². The zero-order chi connectivity index (χ0) is 10.8. The largest absolute Gasteiger partial charge is 0.315 e. The summed E-state index contributed by atoms with van der Waals surface area (Å²) in [7, 11) is 3.98. The summed E-state index contributed by atoms with van der Waals surface area (Å²) in [5, 5.41) is 4.19. The number of aromatic nitrogens is 2. The van der Waals surface area contributed by atoms with Crippen LogP contribution in [-0.4, -0.2) is 28.0 Å². The van der Waals surface area contributed by atoms with E-state index >= 15 is 0 Å². The molecule has 4 nitrogen and oxygen atoms in total. The smallest absolute Gasteiger partial charge is 0.0902 e. The first-order chi connectivity index (χ1) is 7.16. The van der Waals surface area contributed by atoms with Crippen LogP contribution in [0.3, 0.4) is 0 Å². The van der Waals surface area contributed by atoms with Crippen LogP contribution in [0.5, 0.6) is 0 Å². The van der Waals surface area contributed by atoms with Crippen LogP contribution >= 0.6 is 28.1 Å². The van der Waals surface area contributed by atoms with E-state index in [0.717, 1.165) is 15.7 Å². The molecule has 0 saturated carbocycles. The van der Waals surface area contributed by atoms with Crippen LogP contribution in [0.2, 0.25) is 0 Å². The van der Waals surface area contributed by atoms with Crippen LogP contribution in [0.15, 0.2) is 29.0 Å². The normalized spacial score (nSPS) is 11.2. The Morgan fingerprint density at radius 1 is 1.53 bits per heavy atom. The molecule has 0 aromatic carbocycles. The van der Waals surface area contributed by atoms with Crippen LogP contribution in [0.1, 0.15) is 0 Å². The number of nitrogens with one attached hydrogen (secondary N) is 1. The minimum Gasteiger partial charge on any atom is -0.315 e. The van der Waals surface area contributed by atoms with Crippen LogP contribution in [0.4, 0.5) is 5.69 Å². The van der Waals surface area contributed by atoms with Gasteiger partial charge in [0.05, 0.1) is 17.4 Å². The Labute approximate surface area is 101 Å². The van der Waals surface area contributed by atoms with Crippen LogP contribution in [0.25, 0.3) is 5.52 Å². The van der Waals surface area contributed by atoms with E-state index in [-0.39, 0.29) is 0 Å². The lowest BCUT2D eigenvalue weighted by Crippen LogP contribution is -2.04. The van der Waals surface area contributed by atoms with Gasteiger partial charge < -0.3 is 4.72 Å². The molecule has 2 rings (SSSR count). The number of anilines is 1. The molecule has 0 unspecified atom stereocenters. The summed E-state index contributed by atoms with van der Waals surface area (Å²) >= 11 is 4.98. The van der Waals surface area contributed by atoms with E-state index in [2.05, 4.69) is 25.8 Å². The van der Waals surface area contributed by atoms with E-state index in [0.29, 0.717) is 0 Å². The van der Waals surface area contributed by atoms with E-state index in [9.17, 15) is 0 Å². The van der Waals surface area contributed by atoms with E-state index < -0.39 is 0 Å². The average molecular weight is 287 g/mol. The molecule has 0 saturated heterocycles. The topological polar surface area (TPSA) is 32.6 Å². The Hall–Kier alpha value is -0.720. The lowest BCUT2D eigenvalue weighted by atomic mass is 10.3. The van der Waals surface area contributed by atoms with Crippen molar-refractivity contribution in [3.05, 3.63) is 29.0 Å². The molecule has 0 radical (unpaired) electrons. The molecule has 0 aliphatic heterocycles. The summed E-state index contributed by atoms with van der Waals surface area (Å²) < 4.78 is 8.10. The molecule has 0 fully saturated rings. The lowest BCUT2D eigenvalue weighted by Gasteiger charge is -2.11. The van der Waals surface area contributed by atoms with Gasteiger partial charge in [0, 0.05) is 22.8 Å². The first-order valence-electron chi connectivity index (χ1n) is 4.40. The fraction of sp³-hybridized carbons (Fsp3) is 0.222. The van der Waals surface area contributed by atoms with Crippen molar-refractivity contribution in [2.24, 2.45) is 0 Å². The molecule has 6 heteroatoms. The summed E-state index contributed by atoms with van der Waals surface area (Å²) in [6, 6.07) is 4.01. The fourth-order valence-corrected chi connectivity index (χ4v) is 2.09. The van der Waals surface area contributed by atoms with Gasteiger partial charge in [0.2, 0.25) is 0 Å². The number of nitrogens with zero attached hydrogens (tertiary/aromatic N) is 3. The Morgan fingerprint density at radius 3 is 3.07 bits per heavy atom. The highest BCUT2D eigenvalue weighted by Crippen LogP contribution is 2.24. The molecule has 0 aliphatic rings. The average Bonchev–Trinajstić information content (AvgIpc) is 2.61. The molecule has 15 heavy (non-hydrogen) atoms. The fourth-order valence-electron chi connectivity index (χ4n) is 1.22. The van der Waals surface area contributed by atoms with Gasteiger partial charge in [-0.15, -0.1) is 0 Å². The zero-order valence-electron chi connectivity index (χ0n) is 8.44. The first kappa shape index (κ1) is 10.8. The first-order valence-corrected chi connectivity index (χ1v) is 5.96. The highest BCUT2D eigenvalue weighted by atomic mass is 79.9. The third kappa shape index (κ3) is 2.45. The number of rotatable bonds is 3. The monoisotopic (exact) mass is 286 g/mol. The summed E-state index contributed by atoms with van der Waals surface area (Å²) in [6.07, 6.45) is 3.72. The summed E-state index contributed by atoms with van der Waals surface area (Å²) in [5.74, 6) is 0. The second-order valence-corrected chi connectivity index (χ2v) is 5.27. The van der Waals surface area contributed by atoms with E-state index in [1.165, 1.54) is 12.1 Å². The van der Waals surface area contributed by atoms with Gasteiger partial charge in [-0.1, -0.05) is 0 Å².